The molecule has 1 N–H and O–H groups in total. The summed E-state index contributed by atoms with van der Waals surface area (Å²) in [6, 6.07) is 1.91. The maximum atomic E-state index is 11.4. The largest absolute Gasteiger partial charge is 0.444 e. The molecule has 17 heavy (non-hydrogen) atoms. The molecule has 1 rings (SSSR count). The van der Waals surface area contributed by atoms with Crippen molar-refractivity contribution in [2.75, 3.05) is 5.32 Å². The van der Waals surface area contributed by atoms with Crippen LogP contribution < -0.4 is 5.32 Å². The molecule has 0 atom stereocenters. The van der Waals surface area contributed by atoms with Crippen LogP contribution in [0.3, 0.4) is 0 Å². The van der Waals surface area contributed by atoms with Gasteiger partial charge >= 0.3 is 6.09 Å². The SMILES string of the molecule is CC(C)(C)OC(=O)Nc1ncnc(CC#N)n1. The van der Waals surface area contributed by atoms with Crippen LogP contribution in [0.2, 0.25) is 0 Å². The molecule has 0 saturated heterocycles. The first-order valence-corrected chi connectivity index (χ1v) is 4.95. The molecule has 0 aliphatic heterocycles. The van der Waals surface area contributed by atoms with E-state index in [2.05, 4.69) is 20.3 Å². The Kier molecular flexibility index (Phi) is 3.93. The number of hydrogen-bond acceptors (Lipinski definition) is 6. The quantitative estimate of drug-likeness (QED) is 0.828. The fraction of sp³-hybridized carbons (Fsp3) is 0.500. The lowest BCUT2D eigenvalue weighted by atomic mass is 10.2. The zero-order valence-corrected chi connectivity index (χ0v) is 9.89. The lowest BCUT2D eigenvalue weighted by Gasteiger charge is -2.19. The van der Waals surface area contributed by atoms with Gasteiger partial charge in [-0.3, -0.25) is 5.32 Å². The number of anilines is 1. The minimum Gasteiger partial charge on any atom is -0.444 e. The van der Waals surface area contributed by atoms with Gasteiger partial charge in [-0.15, -0.1) is 0 Å². The molecule has 0 spiro atoms. The highest BCUT2D eigenvalue weighted by molar-refractivity contribution is 5.82. The van der Waals surface area contributed by atoms with Crippen molar-refractivity contribution in [3.8, 4) is 6.07 Å². The molecule has 1 amide bonds. The maximum absolute atomic E-state index is 11.4. The third-order valence-electron chi connectivity index (χ3n) is 1.47. The van der Waals surface area contributed by atoms with Crippen molar-refractivity contribution in [2.45, 2.75) is 32.8 Å². The Balaban J connectivity index is 2.66. The second kappa shape index (κ2) is 5.21. The smallest absolute Gasteiger partial charge is 0.414 e. The van der Waals surface area contributed by atoms with Gasteiger partial charge in [-0.2, -0.15) is 10.2 Å². The zero-order valence-electron chi connectivity index (χ0n) is 9.89. The van der Waals surface area contributed by atoms with Crippen LogP contribution in [0.4, 0.5) is 10.7 Å². The van der Waals surface area contributed by atoms with Gasteiger partial charge in [0, 0.05) is 0 Å². The lowest BCUT2D eigenvalue weighted by molar-refractivity contribution is 0.0634. The van der Waals surface area contributed by atoms with Gasteiger partial charge in [0.25, 0.3) is 0 Å². The van der Waals surface area contributed by atoms with Crippen molar-refractivity contribution in [1.29, 1.82) is 5.26 Å². The van der Waals surface area contributed by atoms with Crippen molar-refractivity contribution in [1.82, 2.24) is 15.0 Å². The van der Waals surface area contributed by atoms with E-state index in [1.807, 2.05) is 6.07 Å². The fourth-order valence-electron chi connectivity index (χ4n) is 0.941. The first-order chi connectivity index (χ1) is 7.90. The first kappa shape index (κ1) is 12.8. The Labute approximate surface area is 98.9 Å². The number of carbonyl (C=O) groups excluding carboxylic acids is 1. The number of carbonyl (C=O) groups is 1. The average molecular weight is 235 g/mol. The topological polar surface area (TPSA) is 101 Å². The molecule has 0 unspecified atom stereocenters. The summed E-state index contributed by atoms with van der Waals surface area (Å²) in [5.74, 6) is 0.369. The molecule has 0 fully saturated rings. The van der Waals surface area contributed by atoms with Crippen LogP contribution in [0.5, 0.6) is 0 Å². The van der Waals surface area contributed by atoms with E-state index >= 15 is 0 Å². The Hall–Kier alpha value is -2.23. The maximum Gasteiger partial charge on any atom is 0.414 e. The molecule has 0 aliphatic carbocycles. The van der Waals surface area contributed by atoms with Crippen molar-refractivity contribution in [3.63, 3.8) is 0 Å². The highest BCUT2D eigenvalue weighted by Crippen LogP contribution is 2.08. The van der Waals surface area contributed by atoms with Gasteiger partial charge in [0.15, 0.2) is 0 Å². The number of ether oxygens (including phenoxy) is 1. The molecule has 0 aromatic carbocycles. The monoisotopic (exact) mass is 235 g/mol. The second-order valence-electron chi connectivity index (χ2n) is 4.19. The lowest BCUT2D eigenvalue weighted by Crippen LogP contribution is -2.28. The Morgan fingerprint density at radius 3 is 2.82 bits per heavy atom. The van der Waals surface area contributed by atoms with E-state index < -0.39 is 11.7 Å². The molecule has 1 aromatic rings. The minimum atomic E-state index is -0.647. The third-order valence-corrected chi connectivity index (χ3v) is 1.47. The average Bonchev–Trinajstić information content (AvgIpc) is 2.15. The van der Waals surface area contributed by atoms with Crippen LogP contribution in [0.1, 0.15) is 26.6 Å². The van der Waals surface area contributed by atoms with Gasteiger partial charge in [0.05, 0.1) is 12.5 Å². The summed E-state index contributed by atoms with van der Waals surface area (Å²) in [5, 5.41) is 10.8. The second-order valence-corrected chi connectivity index (χ2v) is 4.19. The minimum absolute atomic E-state index is 0.0610. The molecule has 1 heterocycles. The van der Waals surface area contributed by atoms with E-state index in [4.69, 9.17) is 10.00 Å². The number of nitrogens with zero attached hydrogens (tertiary/aromatic N) is 4. The van der Waals surface area contributed by atoms with Crippen molar-refractivity contribution < 1.29 is 9.53 Å². The van der Waals surface area contributed by atoms with Gasteiger partial charge < -0.3 is 4.74 Å². The molecule has 7 heteroatoms. The van der Waals surface area contributed by atoms with Crippen LogP contribution >= 0.6 is 0 Å². The summed E-state index contributed by atoms with van der Waals surface area (Å²) < 4.78 is 5.03. The number of nitrogens with one attached hydrogen (secondary N) is 1. The van der Waals surface area contributed by atoms with Gasteiger partial charge in [0.2, 0.25) is 5.95 Å². The highest BCUT2D eigenvalue weighted by atomic mass is 16.6. The van der Waals surface area contributed by atoms with Gasteiger partial charge in [0.1, 0.15) is 17.8 Å². The molecule has 0 bridgehead atoms. The van der Waals surface area contributed by atoms with E-state index in [1.165, 1.54) is 6.33 Å². The highest BCUT2D eigenvalue weighted by Gasteiger charge is 2.17. The summed E-state index contributed by atoms with van der Waals surface area (Å²) in [5.41, 5.74) is -0.591. The molecular weight excluding hydrogens is 222 g/mol. The first-order valence-electron chi connectivity index (χ1n) is 4.95. The van der Waals surface area contributed by atoms with Gasteiger partial charge in [-0.1, -0.05) is 0 Å². The van der Waals surface area contributed by atoms with Crippen molar-refractivity contribution >= 4 is 12.0 Å². The normalized spacial score (nSPS) is 10.5. The molecular formula is C10H13N5O2. The van der Waals surface area contributed by atoms with E-state index in [-0.39, 0.29) is 12.4 Å². The van der Waals surface area contributed by atoms with Gasteiger partial charge in [-0.25, -0.2) is 14.8 Å². The summed E-state index contributed by atoms with van der Waals surface area (Å²) in [4.78, 5) is 22.8. The van der Waals surface area contributed by atoms with Crippen LogP contribution in [0.15, 0.2) is 6.33 Å². The standard InChI is InChI=1S/C10H13N5O2/c1-10(2,3)17-9(16)15-8-13-6-12-7(14-8)4-5-11/h6H,4H2,1-3H3,(H,12,13,14,15,16). The summed E-state index contributed by atoms with van der Waals surface area (Å²) in [6.45, 7) is 5.25. The van der Waals surface area contributed by atoms with Crippen LogP contribution in [0.25, 0.3) is 0 Å². The number of rotatable bonds is 2. The molecule has 0 radical (unpaired) electrons. The number of aromatic nitrogens is 3. The molecule has 7 nitrogen and oxygen atoms in total. The Morgan fingerprint density at radius 1 is 1.53 bits per heavy atom. The predicted octanol–water partition coefficient (Wildman–Crippen LogP) is 1.28. The predicted molar refractivity (Wildman–Crippen MR) is 59.0 cm³/mol. The van der Waals surface area contributed by atoms with E-state index in [9.17, 15) is 4.79 Å². The van der Waals surface area contributed by atoms with Crippen molar-refractivity contribution in [2.24, 2.45) is 0 Å². The molecule has 90 valence electrons. The number of nitriles is 1. The molecule has 0 aliphatic rings. The van der Waals surface area contributed by atoms with E-state index in [0.717, 1.165) is 0 Å². The summed E-state index contributed by atoms with van der Waals surface area (Å²) in [7, 11) is 0. The van der Waals surface area contributed by atoms with Crippen LogP contribution in [-0.4, -0.2) is 26.6 Å². The Morgan fingerprint density at radius 2 is 2.24 bits per heavy atom. The Bertz CT molecular complexity index is 447. The van der Waals surface area contributed by atoms with Crippen LogP contribution in [0, 0.1) is 11.3 Å². The zero-order chi connectivity index (χ0) is 12.9. The fourth-order valence-corrected chi connectivity index (χ4v) is 0.941. The van der Waals surface area contributed by atoms with Gasteiger partial charge in [-0.05, 0) is 20.8 Å². The number of hydrogen-bond donors (Lipinski definition) is 1. The van der Waals surface area contributed by atoms with Crippen molar-refractivity contribution in [3.05, 3.63) is 12.2 Å². The van der Waals surface area contributed by atoms with E-state index in [1.54, 1.807) is 20.8 Å². The molecule has 1 aromatic heterocycles. The molecule has 0 saturated carbocycles. The van der Waals surface area contributed by atoms with E-state index in [0.29, 0.717) is 5.82 Å². The summed E-state index contributed by atoms with van der Waals surface area (Å²) in [6.07, 6.45) is 0.643. The third kappa shape index (κ3) is 4.88. The van der Waals surface area contributed by atoms with Crippen LogP contribution in [-0.2, 0) is 11.2 Å². The number of amides is 1. The summed E-state index contributed by atoms with van der Waals surface area (Å²) >= 11 is 0.